The van der Waals surface area contributed by atoms with Gasteiger partial charge in [-0.25, -0.2) is 4.79 Å². The molecule has 0 aromatic carbocycles. The Morgan fingerprint density at radius 2 is 2.18 bits per heavy atom. The average molecular weight is 387 g/mol. The zero-order valence-electron chi connectivity index (χ0n) is 8.53. The van der Waals surface area contributed by atoms with Crippen LogP contribution in [0, 0.1) is 0 Å². The van der Waals surface area contributed by atoms with Crippen LogP contribution in [0.4, 0.5) is 0 Å². The third-order valence-electron chi connectivity index (χ3n) is 1.66. The number of hydrogen-bond donors (Lipinski definition) is 2. The maximum Gasteiger partial charge on any atom is 0.329 e. The van der Waals surface area contributed by atoms with Gasteiger partial charge in [-0.2, -0.15) is 0 Å². The lowest BCUT2D eigenvalue weighted by Crippen LogP contribution is -2.27. The lowest BCUT2D eigenvalue weighted by Gasteiger charge is -2.04. The van der Waals surface area contributed by atoms with Crippen LogP contribution in [-0.2, 0) is 9.53 Å². The lowest BCUT2D eigenvalue weighted by atomic mass is 10.3. The van der Waals surface area contributed by atoms with Crippen molar-refractivity contribution in [3.05, 3.63) is 19.2 Å². The third-order valence-corrected chi connectivity index (χ3v) is 4.00. The van der Waals surface area contributed by atoms with Crippen LogP contribution in [0.3, 0.4) is 0 Å². The Bertz CT molecular complexity index is 421. The summed E-state index contributed by atoms with van der Waals surface area (Å²) in [6.45, 7) is 0.0799. The molecule has 0 fully saturated rings. The fraction of sp³-hybridized carbons (Fsp3) is 0.333. The van der Waals surface area contributed by atoms with Crippen molar-refractivity contribution in [2.75, 3.05) is 19.8 Å². The Hall–Kier alpha value is -0.440. The molecule has 0 saturated carbocycles. The molecule has 0 unspecified atom stereocenters. The highest BCUT2D eigenvalue weighted by Gasteiger charge is 2.12. The normalized spacial score (nSPS) is 10.2. The van der Waals surface area contributed by atoms with E-state index in [2.05, 4.69) is 37.2 Å². The number of carboxylic acids is 1. The van der Waals surface area contributed by atoms with E-state index in [-0.39, 0.29) is 25.7 Å². The minimum absolute atomic E-state index is 0.168. The maximum absolute atomic E-state index is 11.6. The van der Waals surface area contributed by atoms with E-state index in [0.29, 0.717) is 5.56 Å². The molecule has 0 bridgehead atoms. The smallest absolute Gasteiger partial charge is 0.329 e. The van der Waals surface area contributed by atoms with Gasteiger partial charge in [0.15, 0.2) is 0 Å². The first-order chi connectivity index (χ1) is 8.00. The van der Waals surface area contributed by atoms with Gasteiger partial charge in [0, 0.05) is 6.54 Å². The number of rotatable bonds is 6. The van der Waals surface area contributed by atoms with Gasteiger partial charge in [0.05, 0.1) is 19.7 Å². The molecule has 94 valence electrons. The van der Waals surface area contributed by atoms with E-state index in [4.69, 9.17) is 9.84 Å². The van der Waals surface area contributed by atoms with Crippen LogP contribution in [0.5, 0.6) is 0 Å². The highest BCUT2D eigenvalue weighted by molar-refractivity contribution is 9.12. The number of aliphatic carboxylic acids is 1. The first kappa shape index (κ1) is 14.6. The molecule has 1 aromatic heterocycles. The van der Waals surface area contributed by atoms with Crippen molar-refractivity contribution in [1.29, 1.82) is 0 Å². The number of amides is 1. The van der Waals surface area contributed by atoms with Gasteiger partial charge in [-0.3, -0.25) is 4.79 Å². The molecule has 0 aliphatic rings. The van der Waals surface area contributed by atoms with Gasteiger partial charge in [0.2, 0.25) is 0 Å². The van der Waals surface area contributed by atoms with E-state index in [1.165, 1.54) is 11.3 Å². The van der Waals surface area contributed by atoms with Gasteiger partial charge in [-0.15, -0.1) is 11.3 Å². The Labute approximate surface area is 118 Å². The molecule has 0 aliphatic heterocycles. The van der Waals surface area contributed by atoms with E-state index in [9.17, 15) is 9.59 Å². The SMILES string of the molecule is O=C(O)COCCNC(=O)c1cc(Br)sc1Br. The van der Waals surface area contributed by atoms with Crippen molar-refractivity contribution in [1.82, 2.24) is 5.32 Å². The minimum atomic E-state index is -1.03. The third kappa shape index (κ3) is 5.15. The molecule has 1 rings (SSSR count). The molecule has 5 nitrogen and oxygen atoms in total. The number of thiophene rings is 1. The van der Waals surface area contributed by atoms with Crippen LogP contribution in [0.2, 0.25) is 0 Å². The highest BCUT2D eigenvalue weighted by atomic mass is 79.9. The minimum Gasteiger partial charge on any atom is -0.480 e. The second kappa shape index (κ2) is 7.10. The number of carbonyl (C=O) groups is 2. The van der Waals surface area contributed by atoms with Gasteiger partial charge >= 0.3 is 5.97 Å². The Morgan fingerprint density at radius 3 is 2.71 bits per heavy atom. The van der Waals surface area contributed by atoms with Gasteiger partial charge in [0.1, 0.15) is 6.61 Å². The summed E-state index contributed by atoms with van der Waals surface area (Å²) in [4.78, 5) is 21.8. The van der Waals surface area contributed by atoms with E-state index >= 15 is 0 Å². The van der Waals surface area contributed by atoms with Crippen LogP contribution in [0.1, 0.15) is 10.4 Å². The van der Waals surface area contributed by atoms with E-state index < -0.39 is 5.97 Å². The molecule has 17 heavy (non-hydrogen) atoms. The summed E-state index contributed by atoms with van der Waals surface area (Å²) < 4.78 is 6.39. The Morgan fingerprint density at radius 1 is 1.47 bits per heavy atom. The van der Waals surface area contributed by atoms with Crippen LogP contribution < -0.4 is 5.32 Å². The number of hydrogen-bond acceptors (Lipinski definition) is 4. The van der Waals surface area contributed by atoms with Crippen LogP contribution in [0.25, 0.3) is 0 Å². The fourth-order valence-electron chi connectivity index (χ4n) is 0.987. The molecule has 0 aliphatic carbocycles. The van der Waals surface area contributed by atoms with E-state index in [1.807, 2.05) is 0 Å². The quantitative estimate of drug-likeness (QED) is 0.734. The van der Waals surface area contributed by atoms with Crippen LogP contribution in [0.15, 0.2) is 13.6 Å². The Kier molecular flexibility index (Phi) is 6.10. The number of carboxylic acid groups (broad SMARTS) is 1. The molecular weight excluding hydrogens is 378 g/mol. The van der Waals surface area contributed by atoms with Crippen molar-refractivity contribution in [2.24, 2.45) is 0 Å². The van der Waals surface area contributed by atoms with Gasteiger partial charge in [-0.05, 0) is 37.9 Å². The molecule has 0 saturated heterocycles. The predicted molar refractivity (Wildman–Crippen MR) is 70.5 cm³/mol. The van der Waals surface area contributed by atoms with Gasteiger partial charge in [0.25, 0.3) is 5.91 Å². The molecular formula is C9H9Br2NO4S. The lowest BCUT2D eigenvalue weighted by molar-refractivity contribution is -0.142. The first-order valence-corrected chi connectivity index (χ1v) is 6.93. The van der Waals surface area contributed by atoms with Gasteiger partial charge in [-0.1, -0.05) is 0 Å². The molecule has 1 aromatic rings. The summed E-state index contributed by atoms with van der Waals surface area (Å²) in [5, 5.41) is 10.9. The summed E-state index contributed by atoms with van der Waals surface area (Å²) in [7, 11) is 0. The van der Waals surface area contributed by atoms with Crippen molar-refractivity contribution in [3.63, 3.8) is 0 Å². The molecule has 0 atom stereocenters. The van der Waals surface area contributed by atoms with Crippen molar-refractivity contribution >= 4 is 55.1 Å². The zero-order chi connectivity index (χ0) is 12.8. The predicted octanol–water partition coefficient (Wildman–Crippen LogP) is 2.10. The van der Waals surface area contributed by atoms with Crippen molar-refractivity contribution in [2.45, 2.75) is 0 Å². The van der Waals surface area contributed by atoms with E-state index in [1.54, 1.807) is 6.07 Å². The summed E-state index contributed by atoms with van der Waals surface area (Å²) in [5.41, 5.74) is 0.542. The monoisotopic (exact) mass is 385 g/mol. The van der Waals surface area contributed by atoms with Crippen LogP contribution in [-0.4, -0.2) is 36.7 Å². The van der Waals surface area contributed by atoms with Gasteiger partial charge < -0.3 is 15.2 Å². The van der Waals surface area contributed by atoms with Crippen LogP contribution >= 0.6 is 43.2 Å². The zero-order valence-corrected chi connectivity index (χ0v) is 12.5. The molecule has 0 spiro atoms. The van der Waals surface area contributed by atoms with Crippen molar-refractivity contribution < 1.29 is 19.4 Å². The number of carbonyl (C=O) groups excluding carboxylic acids is 1. The molecule has 1 heterocycles. The second-order valence-electron chi connectivity index (χ2n) is 2.94. The van der Waals surface area contributed by atoms with Crippen molar-refractivity contribution in [3.8, 4) is 0 Å². The summed E-state index contributed by atoms with van der Waals surface area (Å²) in [6.07, 6.45) is 0. The molecule has 1 amide bonds. The number of nitrogens with one attached hydrogen (secondary N) is 1. The number of halogens is 2. The topological polar surface area (TPSA) is 75.6 Å². The molecule has 0 radical (unpaired) electrons. The number of ether oxygens (including phenoxy) is 1. The standard InChI is InChI=1S/C9H9Br2NO4S/c10-6-3-5(8(11)17-6)9(15)12-1-2-16-4-7(13)14/h3H,1-2,4H2,(H,12,15)(H,13,14). The molecule has 8 heteroatoms. The largest absolute Gasteiger partial charge is 0.480 e. The summed E-state index contributed by atoms with van der Waals surface area (Å²) >= 11 is 7.97. The average Bonchev–Trinajstić information content (AvgIpc) is 2.56. The first-order valence-electron chi connectivity index (χ1n) is 4.53. The fourth-order valence-corrected chi connectivity index (χ4v) is 3.78. The summed E-state index contributed by atoms with van der Waals surface area (Å²) in [5.74, 6) is -1.25. The second-order valence-corrected chi connectivity index (χ2v) is 6.69. The summed E-state index contributed by atoms with van der Waals surface area (Å²) in [6, 6.07) is 1.71. The maximum atomic E-state index is 11.6. The highest BCUT2D eigenvalue weighted by Crippen LogP contribution is 2.31. The Balaban J connectivity index is 2.30. The van der Waals surface area contributed by atoms with E-state index in [0.717, 1.165) is 7.57 Å². The molecule has 2 N–H and O–H groups in total.